The maximum Gasteiger partial charge on any atom is 0.338 e. The van der Waals surface area contributed by atoms with Gasteiger partial charge in [-0.1, -0.05) is 24.6 Å². The monoisotopic (exact) mass is 426 g/mol. The third kappa shape index (κ3) is 8.69. The Labute approximate surface area is 180 Å². The number of carbonyl (C=O) groups excluding carboxylic acids is 4. The molecule has 2 aromatic rings. The van der Waals surface area contributed by atoms with E-state index in [-0.39, 0.29) is 18.7 Å². The summed E-state index contributed by atoms with van der Waals surface area (Å²) >= 11 is 0. The minimum atomic E-state index is -0.650. The number of aryl methyl sites for hydroxylation is 1. The van der Waals surface area contributed by atoms with Crippen molar-refractivity contribution >= 4 is 35.1 Å². The van der Waals surface area contributed by atoms with Gasteiger partial charge < -0.3 is 20.1 Å². The van der Waals surface area contributed by atoms with Gasteiger partial charge in [0.1, 0.15) is 0 Å². The molecule has 0 saturated carbocycles. The minimum Gasteiger partial charge on any atom is -0.462 e. The first kappa shape index (κ1) is 23.6. The Morgan fingerprint density at radius 2 is 1.35 bits per heavy atom. The number of esters is 2. The van der Waals surface area contributed by atoms with Crippen LogP contribution in [0.4, 0.5) is 11.4 Å². The molecule has 2 rings (SSSR count). The Kier molecular flexibility index (Phi) is 9.22. The third-order valence-corrected chi connectivity index (χ3v) is 4.10. The van der Waals surface area contributed by atoms with Crippen LogP contribution in [0.15, 0.2) is 48.5 Å². The maximum atomic E-state index is 12.0. The van der Waals surface area contributed by atoms with Crippen LogP contribution in [-0.2, 0) is 23.9 Å². The molecule has 0 heterocycles. The number of amides is 2. The molecule has 0 radical (unpaired) electrons. The number of benzene rings is 2. The fourth-order valence-electron chi connectivity index (χ4n) is 2.46. The van der Waals surface area contributed by atoms with E-state index in [2.05, 4.69) is 10.6 Å². The second-order valence-electron chi connectivity index (χ2n) is 6.84. The quantitative estimate of drug-likeness (QED) is 0.563. The zero-order valence-corrected chi connectivity index (χ0v) is 17.6. The van der Waals surface area contributed by atoms with Gasteiger partial charge in [0.05, 0.1) is 18.6 Å². The maximum absolute atomic E-state index is 12.0. The SMILES string of the molecule is CCCOC(=O)c1ccc(NC(=O)CCC(=O)OCC(=O)Nc2ccc(C)cc2)cc1. The van der Waals surface area contributed by atoms with Gasteiger partial charge in [-0.05, 0) is 49.7 Å². The summed E-state index contributed by atoms with van der Waals surface area (Å²) in [7, 11) is 0. The predicted octanol–water partition coefficient (Wildman–Crippen LogP) is 3.46. The molecule has 2 amide bonds. The largest absolute Gasteiger partial charge is 0.462 e. The van der Waals surface area contributed by atoms with Crippen LogP contribution in [0.3, 0.4) is 0 Å². The number of ether oxygens (including phenoxy) is 2. The van der Waals surface area contributed by atoms with Crippen LogP contribution in [0, 0.1) is 6.92 Å². The summed E-state index contributed by atoms with van der Waals surface area (Å²) in [6.07, 6.45) is 0.476. The fraction of sp³-hybridized carbons (Fsp3) is 0.304. The number of nitrogens with one attached hydrogen (secondary N) is 2. The molecule has 31 heavy (non-hydrogen) atoms. The van der Waals surface area contributed by atoms with E-state index in [0.717, 1.165) is 12.0 Å². The Morgan fingerprint density at radius 3 is 1.97 bits per heavy atom. The summed E-state index contributed by atoms with van der Waals surface area (Å²) < 4.78 is 9.93. The molecule has 0 bridgehead atoms. The van der Waals surface area contributed by atoms with Crippen LogP contribution in [0.1, 0.15) is 42.1 Å². The van der Waals surface area contributed by atoms with E-state index in [4.69, 9.17) is 9.47 Å². The first-order valence-corrected chi connectivity index (χ1v) is 9.96. The van der Waals surface area contributed by atoms with Crippen molar-refractivity contribution in [1.29, 1.82) is 0 Å². The highest BCUT2D eigenvalue weighted by atomic mass is 16.5. The molecule has 0 atom stereocenters. The summed E-state index contributed by atoms with van der Waals surface area (Å²) in [6.45, 7) is 3.76. The lowest BCUT2D eigenvalue weighted by atomic mass is 10.2. The molecule has 0 aliphatic heterocycles. The molecule has 0 saturated heterocycles. The Morgan fingerprint density at radius 1 is 0.774 bits per heavy atom. The molecule has 0 spiro atoms. The summed E-state index contributed by atoms with van der Waals surface area (Å²) in [5.74, 6) is -1.92. The van der Waals surface area contributed by atoms with Crippen LogP contribution in [0.25, 0.3) is 0 Å². The highest BCUT2D eigenvalue weighted by Crippen LogP contribution is 2.12. The van der Waals surface area contributed by atoms with Crippen molar-refractivity contribution in [1.82, 2.24) is 0 Å². The molecule has 0 unspecified atom stereocenters. The molecule has 0 aliphatic rings. The van der Waals surface area contributed by atoms with Crippen molar-refractivity contribution in [3.05, 3.63) is 59.7 Å². The lowest BCUT2D eigenvalue weighted by molar-refractivity contribution is -0.147. The van der Waals surface area contributed by atoms with Crippen molar-refractivity contribution in [3.63, 3.8) is 0 Å². The Bertz CT molecular complexity index is 907. The van der Waals surface area contributed by atoms with Gasteiger partial charge in [0.2, 0.25) is 5.91 Å². The molecule has 8 nitrogen and oxygen atoms in total. The molecule has 2 N–H and O–H groups in total. The Hall–Kier alpha value is -3.68. The molecule has 164 valence electrons. The number of hydrogen-bond donors (Lipinski definition) is 2. The third-order valence-electron chi connectivity index (χ3n) is 4.10. The van der Waals surface area contributed by atoms with Crippen LogP contribution in [0.5, 0.6) is 0 Å². The highest BCUT2D eigenvalue weighted by Gasteiger charge is 2.12. The molecule has 0 fully saturated rings. The smallest absolute Gasteiger partial charge is 0.338 e. The lowest BCUT2D eigenvalue weighted by Gasteiger charge is -2.08. The number of carbonyl (C=O) groups is 4. The molecule has 8 heteroatoms. The average molecular weight is 426 g/mol. The van der Waals surface area contributed by atoms with E-state index in [1.54, 1.807) is 36.4 Å². The van der Waals surface area contributed by atoms with Gasteiger partial charge in [-0.25, -0.2) is 4.79 Å². The van der Waals surface area contributed by atoms with Crippen LogP contribution in [-0.4, -0.2) is 37.0 Å². The van der Waals surface area contributed by atoms with Crippen LogP contribution in [0.2, 0.25) is 0 Å². The van der Waals surface area contributed by atoms with Crippen LogP contribution >= 0.6 is 0 Å². The summed E-state index contributed by atoms with van der Waals surface area (Å²) in [6, 6.07) is 13.5. The van der Waals surface area contributed by atoms with Gasteiger partial charge in [0.25, 0.3) is 5.91 Å². The molecule has 2 aromatic carbocycles. The van der Waals surface area contributed by atoms with Gasteiger partial charge in [0, 0.05) is 17.8 Å². The second-order valence-corrected chi connectivity index (χ2v) is 6.84. The van der Waals surface area contributed by atoms with Gasteiger partial charge in [-0.15, -0.1) is 0 Å². The van der Waals surface area contributed by atoms with E-state index < -0.39 is 24.5 Å². The molecule has 0 aromatic heterocycles. The number of hydrogen-bond acceptors (Lipinski definition) is 6. The average Bonchev–Trinajstić information content (AvgIpc) is 2.76. The van der Waals surface area contributed by atoms with Crippen molar-refractivity contribution in [2.45, 2.75) is 33.1 Å². The van der Waals surface area contributed by atoms with Gasteiger partial charge >= 0.3 is 11.9 Å². The zero-order chi connectivity index (χ0) is 22.6. The second kappa shape index (κ2) is 12.1. The number of rotatable bonds is 10. The van der Waals surface area contributed by atoms with Crippen molar-refractivity contribution < 1.29 is 28.7 Å². The van der Waals surface area contributed by atoms with E-state index in [0.29, 0.717) is 23.5 Å². The van der Waals surface area contributed by atoms with Crippen molar-refractivity contribution in [3.8, 4) is 0 Å². The van der Waals surface area contributed by atoms with Gasteiger partial charge in [-0.2, -0.15) is 0 Å². The predicted molar refractivity (Wildman–Crippen MR) is 116 cm³/mol. The first-order valence-electron chi connectivity index (χ1n) is 9.96. The Balaban J connectivity index is 1.68. The van der Waals surface area contributed by atoms with Crippen molar-refractivity contribution in [2.75, 3.05) is 23.8 Å². The normalized spacial score (nSPS) is 10.1. The molecule has 0 aliphatic carbocycles. The van der Waals surface area contributed by atoms with Crippen molar-refractivity contribution in [2.24, 2.45) is 0 Å². The van der Waals surface area contributed by atoms with Gasteiger partial charge in [0.15, 0.2) is 6.61 Å². The number of anilines is 2. The zero-order valence-electron chi connectivity index (χ0n) is 17.6. The van der Waals surface area contributed by atoms with E-state index in [9.17, 15) is 19.2 Å². The standard InChI is InChI=1S/C23H26N2O6/c1-3-14-30-23(29)17-6-10-19(11-7-17)24-20(26)12-13-22(28)31-15-21(27)25-18-8-4-16(2)5-9-18/h4-11H,3,12-15H2,1-2H3,(H,24,26)(H,25,27). The summed E-state index contributed by atoms with van der Waals surface area (Å²) in [5.41, 5.74) is 2.55. The van der Waals surface area contributed by atoms with Gasteiger partial charge in [-0.3, -0.25) is 14.4 Å². The topological polar surface area (TPSA) is 111 Å². The highest BCUT2D eigenvalue weighted by molar-refractivity contribution is 5.95. The van der Waals surface area contributed by atoms with E-state index in [1.165, 1.54) is 0 Å². The molecular formula is C23H26N2O6. The minimum absolute atomic E-state index is 0.0985. The first-order chi connectivity index (χ1) is 14.9. The van der Waals surface area contributed by atoms with E-state index >= 15 is 0 Å². The lowest BCUT2D eigenvalue weighted by Crippen LogP contribution is -2.21. The molecular weight excluding hydrogens is 400 g/mol. The fourth-order valence-corrected chi connectivity index (χ4v) is 2.46. The summed E-state index contributed by atoms with van der Waals surface area (Å²) in [5, 5.41) is 5.25. The van der Waals surface area contributed by atoms with Crippen LogP contribution < -0.4 is 10.6 Å². The van der Waals surface area contributed by atoms with E-state index in [1.807, 2.05) is 26.0 Å². The summed E-state index contributed by atoms with van der Waals surface area (Å²) in [4.78, 5) is 47.3.